The summed E-state index contributed by atoms with van der Waals surface area (Å²) in [6.45, 7) is 4.57. The summed E-state index contributed by atoms with van der Waals surface area (Å²) in [5, 5.41) is 0.669. The van der Waals surface area contributed by atoms with Crippen molar-refractivity contribution in [3.63, 3.8) is 0 Å². The quantitative estimate of drug-likeness (QED) is 0.834. The molecule has 0 spiro atoms. The van der Waals surface area contributed by atoms with E-state index in [9.17, 15) is 4.79 Å². The van der Waals surface area contributed by atoms with E-state index in [4.69, 9.17) is 16.3 Å². The Balaban J connectivity index is 2.11. The van der Waals surface area contributed by atoms with Crippen molar-refractivity contribution in [3.8, 4) is 0 Å². The van der Waals surface area contributed by atoms with Gasteiger partial charge in [-0.3, -0.25) is 4.79 Å². The molecular formula is C15H19ClO2. The standard InChI is InChI=1S/C15H19ClO2/c1-11-5-6-12(13(16)9-11)10-14(17)15(2)7-3-4-8-18-15/h5-6,9H,3-4,7-8,10H2,1-2H3. The highest BCUT2D eigenvalue weighted by molar-refractivity contribution is 6.31. The van der Waals surface area contributed by atoms with E-state index < -0.39 is 5.60 Å². The zero-order valence-electron chi connectivity index (χ0n) is 11.0. The van der Waals surface area contributed by atoms with Crippen molar-refractivity contribution in [1.29, 1.82) is 0 Å². The first kappa shape index (κ1) is 13.6. The van der Waals surface area contributed by atoms with Crippen LogP contribution in [-0.2, 0) is 16.0 Å². The first-order valence-electron chi connectivity index (χ1n) is 6.43. The average Bonchev–Trinajstić information content (AvgIpc) is 2.33. The molecule has 18 heavy (non-hydrogen) atoms. The number of benzene rings is 1. The van der Waals surface area contributed by atoms with E-state index in [1.807, 2.05) is 32.0 Å². The number of halogens is 1. The number of hydrogen-bond donors (Lipinski definition) is 0. The lowest BCUT2D eigenvalue weighted by Gasteiger charge is -2.32. The Morgan fingerprint density at radius 1 is 1.44 bits per heavy atom. The number of carbonyl (C=O) groups is 1. The van der Waals surface area contributed by atoms with Crippen LogP contribution in [0.5, 0.6) is 0 Å². The molecule has 0 saturated carbocycles. The Labute approximate surface area is 113 Å². The molecule has 3 heteroatoms. The Bertz CT molecular complexity index is 448. The van der Waals surface area contributed by atoms with E-state index in [-0.39, 0.29) is 5.78 Å². The van der Waals surface area contributed by atoms with Crippen LogP contribution in [0, 0.1) is 6.92 Å². The van der Waals surface area contributed by atoms with Crippen LogP contribution in [0.4, 0.5) is 0 Å². The number of hydrogen-bond acceptors (Lipinski definition) is 2. The van der Waals surface area contributed by atoms with Gasteiger partial charge in [0.2, 0.25) is 0 Å². The van der Waals surface area contributed by atoms with Gasteiger partial charge in [-0.15, -0.1) is 0 Å². The van der Waals surface area contributed by atoms with E-state index in [0.717, 1.165) is 30.4 Å². The summed E-state index contributed by atoms with van der Waals surface area (Å²) in [4.78, 5) is 12.3. The van der Waals surface area contributed by atoms with Gasteiger partial charge in [0.1, 0.15) is 5.60 Å². The summed E-state index contributed by atoms with van der Waals surface area (Å²) in [7, 11) is 0. The minimum Gasteiger partial charge on any atom is -0.367 e. The smallest absolute Gasteiger partial charge is 0.168 e. The molecule has 0 bridgehead atoms. The third kappa shape index (κ3) is 2.93. The number of carbonyl (C=O) groups excluding carboxylic acids is 1. The van der Waals surface area contributed by atoms with Gasteiger partial charge in [-0.1, -0.05) is 23.7 Å². The molecule has 2 rings (SSSR count). The van der Waals surface area contributed by atoms with Gasteiger partial charge in [0.25, 0.3) is 0 Å². The normalized spacial score (nSPS) is 23.9. The molecule has 1 aliphatic heterocycles. The van der Waals surface area contributed by atoms with Crippen molar-refractivity contribution >= 4 is 17.4 Å². The van der Waals surface area contributed by atoms with E-state index >= 15 is 0 Å². The summed E-state index contributed by atoms with van der Waals surface area (Å²) in [6, 6.07) is 5.81. The molecule has 0 aliphatic carbocycles. The molecule has 1 fully saturated rings. The fourth-order valence-corrected chi connectivity index (χ4v) is 2.61. The molecule has 1 unspecified atom stereocenters. The molecule has 1 saturated heterocycles. The molecule has 0 amide bonds. The Morgan fingerprint density at radius 3 is 2.83 bits per heavy atom. The maximum absolute atomic E-state index is 12.3. The van der Waals surface area contributed by atoms with Crippen LogP contribution >= 0.6 is 11.6 Å². The highest BCUT2D eigenvalue weighted by Gasteiger charge is 2.35. The highest BCUT2D eigenvalue weighted by atomic mass is 35.5. The fourth-order valence-electron chi connectivity index (χ4n) is 2.31. The van der Waals surface area contributed by atoms with Crippen LogP contribution in [-0.4, -0.2) is 18.0 Å². The average molecular weight is 267 g/mol. The van der Waals surface area contributed by atoms with E-state index in [1.54, 1.807) is 0 Å². The Morgan fingerprint density at radius 2 is 2.22 bits per heavy atom. The molecule has 1 aliphatic rings. The van der Waals surface area contributed by atoms with Gasteiger partial charge >= 0.3 is 0 Å². The van der Waals surface area contributed by atoms with Gasteiger partial charge in [-0.2, -0.15) is 0 Å². The minimum atomic E-state index is -0.619. The molecule has 2 nitrogen and oxygen atoms in total. The predicted octanol–water partition coefficient (Wildman–Crippen LogP) is 3.72. The van der Waals surface area contributed by atoms with Crippen molar-refractivity contribution < 1.29 is 9.53 Å². The number of ether oxygens (including phenoxy) is 1. The molecule has 0 radical (unpaired) electrons. The van der Waals surface area contributed by atoms with Crippen molar-refractivity contribution in [2.24, 2.45) is 0 Å². The first-order chi connectivity index (χ1) is 8.51. The van der Waals surface area contributed by atoms with E-state index in [2.05, 4.69) is 0 Å². The van der Waals surface area contributed by atoms with Gasteiger partial charge in [-0.05, 0) is 50.3 Å². The van der Waals surface area contributed by atoms with Crippen LogP contribution < -0.4 is 0 Å². The number of aryl methyl sites for hydroxylation is 1. The van der Waals surface area contributed by atoms with Crippen LogP contribution in [0.3, 0.4) is 0 Å². The molecule has 0 N–H and O–H groups in total. The lowest BCUT2D eigenvalue weighted by molar-refractivity contribution is -0.147. The summed E-state index contributed by atoms with van der Waals surface area (Å²) >= 11 is 6.16. The highest BCUT2D eigenvalue weighted by Crippen LogP contribution is 2.28. The lowest BCUT2D eigenvalue weighted by atomic mass is 9.88. The van der Waals surface area contributed by atoms with Crippen LogP contribution in [0.1, 0.15) is 37.3 Å². The summed E-state index contributed by atoms with van der Waals surface area (Å²) in [5.41, 5.74) is 1.38. The number of Topliss-reactive ketones (excluding diaryl/α,β-unsaturated/α-hetero) is 1. The minimum absolute atomic E-state index is 0.132. The van der Waals surface area contributed by atoms with Gasteiger partial charge in [0.15, 0.2) is 5.78 Å². The monoisotopic (exact) mass is 266 g/mol. The summed E-state index contributed by atoms with van der Waals surface area (Å²) in [5.74, 6) is 0.132. The van der Waals surface area contributed by atoms with Gasteiger partial charge in [0, 0.05) is 18.1 Å². The number of rotatable bonds is 3. The maximum Gasteiger partial charge on any atom is 0.168 e. The summed E-state index contributed by atoms with van der Waals surface area (Å²) < 4.78 is 5.67. The van der Waals surface area contributed by atoms with Crippen molar-refractivity contribution in [2.45, 2.75) is 45.1 Å². The molecule has 1 aromatic carbocycles. The summed E-state index contributed by atoms with van der Waals surface area (Å²) in [6.07, 6.45) is 3.28. The second-order valence-electron chi connectivity index (χ2n) is 5.23. The predicted molar refractivity (Wildman–Crippen MR) is 73.1 cm³/mol. The largest absolute Gasteiger partial charge is 0.367 e. The topological polar surface area (TPSA) is 26.3 Å². The zero-order valence-corrected chi connectivity index (χ0v) is 11.7. The van der Waals surface area contributed by atoms with Gasteiger partial charge in [0.05, 0.1) is 0 Å². The zero-order chi connectivity index (χ0) is 13.2. The van der Waals surface area contributed by atoms with Gasteiger partial charge < -0.3 is 4.74 Å². The van der Waals surface area contributed by atoms with E-state index in [1.165, 1.54) is 0 Å². The van der Waals surface area contributed by atoms with E-state index in [0.29, 0.717) is 18.1 Å². The SMILES string of the molecule is Cc1ccc(CC(=O)C2(C)CCCCO2)c(Cl)c1. The molecule has 1 atom stereocenters. The number of ketones is 1. The van der Waals surface area contributed by atoms with Crippen LogP contribution in [0.15, 0.2) is 18.2 Å². The van der Waals surface area contributed by atoms with Crippen molar-refractivity contribution in [3.05, 3.63) is 34.3 Å². The van der Waals surface area contributed by atoms with Gasteiger partial charge in [-0.25, -0.2) is 0 Å². The second-order valence-corrected chi connectivity index (χ2v) is 5.64. The van der Waals surface area contributed by atoms with Crippen LogP contribution in [0.2, 0.25) is 5.02 Å². The second kappa shape index (κ2) is 5.41. The fraction of sp³-hybridized carbons (Fsp3) is 0.533. The molecule has 0 aromatic heterocycles. The lowest BCUT2D eigenvalue weighted by Crippen LogP contribution is -2.42. The molecular weight excluding hydrogens is 248 g/mol. The molecule has 98 valence electrons. The van der Waals surface area contributed by atoms with Crippen LogP contribution in [0.25, 0.3) is 0 Å². The maximum atomic E-state index is 12.3. The first-order valence-corrected chi connectivity index (χ1v) is 6.81. The molecule has 1 heterocycles. The van der Waals surface area contributed by atoms with Crippen molar-refractivity contribution in [2.75, 3.05) is 6.61 Å². The van der Waals surface area contributed by atoms with Crippen molar-refractivity contribution in [1.82, 2.24) is 0 Å². The molecule has 1 aromatic rings. The Kier molecular flexibility index (Phi) is 4.08. The third-order valence-electron chi connectivity index (χ3n) is 3.62. The third-order valence-corrected chi connectivity index (χ3v) is 3.97. The Hall–Kier alpha value is -0.860.